The average Bonchev–Trinajstić information content (AvgIpc) is 2.56. The molecule has 0 radical (unpaired) electrons. The molecule has 21 heavy (non-hydrogen) atoms. The van der Waals surface area contributed by atoms with Crippen molar-refractivity contribution in [3.05, 3.63) is 24.4 Å². The van der Waals surface area contributed by atoms with E-state index >= 15 is 0 Å². The summed E-state index contributed by atoms with van der Waals surface area (Å²) in [6, 6.07) is 6.08. The second kappa shape index (κ2) is 5.92. The fraction of sp³-hybridized carbons (Fsp3) is 0.625. The molecule has 5 nitrogen and oxygen atoms in total. The number of ether oxygens (including phenoxy) is 1. The van der Waals surface area contributed by atoms with E-state index in [1.165, 1.54) is 20.0 Å². The van der Waals surface area contributed by atoms with Gasteiger partial charge in [0.2, 0.25) is 0 Å². The Morgan fingerprint density at radius 3 is 2.38 bits per heavy atom. The SMILES string of the molecule is COC(=O)N1CCC2(CC1)CCN(c1ccccn1)CC2. The summed E-state index contributed by atoms with van der Waals surface area (Å²) in [5.74, 6) is 1.08. The zero-order chi connectivity index (χ0) is 14.7. The van der Waals surface area contributed by atoms with Crippen molar-refractivity contribution in [2.24, 2.45) is 5.41 Å². The van der Waals surface area contributed by atoms with Gasteiger partial charge in [-0.25, -0.2) is 9.78 Å². The van der Waals surface area contributed by atoms with E-state index in [9.17, 15) is 4.79 Å². The van der Waals surface area contributed by atoms with Gasteiger partial charge in [-0.1, -0.05) is 6.07 Å². The number of hydrogen-bond acceptors (Lipinski definition) is 4. The van der Waals surface area contributed by atoms with E-state index in [1.807, 2.05) is 23.2 Å². The molecule has 114 valence electrons. The molecule has 2 aliphatic rings. The Morgan fingerprint density at radius 1 is 1.14 bits per heavy atom. The van der Waals surface area contributed by atoms with Crippen molar-refractivity contribution in [1.29, 1.82) is 0 Å². The van der Waals surface area contributed by atoms with Crippen LogP contribution in [0.4, 0.5) is 10.6 Å². The molecule has 1 aromatic heterocycles. The molecular weight excluding hydrogens is 266 g/mol. The molecular formula is C16H23N3O2. The van der Waals surface area contributed by atoms with E-state index in [1.54, 1.807) is 0 Å². The van der Waals surface area contributed by atoms with E-state index in [-0.39, 0.29) is 6.09 Å². The number of hydrogen-bond donors (Lipinski definition) is 0. The number of carbonyl (C=O) groups excluding carboxylic acids is 1. The van der Waals surface area contributed by atoms with Gasteiger partial charge in [-0.3, -0.25) is 0 Å². The molecule has 3 rings (SSSR count). The molecule has 0 aliphatic carbocycles. The highest BCUT2D eigenvalue weighted by atomic mass is 16.5. The second-order valence-electron chi connectivity index (χ2n) is 6.13. The van der Waals surface area contributed by atoms with Gasteiger partial charge in [-0.15, -0.1) is 0 Å². The van der Waals surface area contributed by atoms with Crippen LogP contribution >= 0.6 is 0 Å². The van der Waals surface area contributed by atoms with Crippen LogP contribution in [0, 0.1) is 5.41 Å². The van der Waals surface area contributed by atoms with Crippen molar-refractivity contribution in [1.82, 2.24) is 9.88 Å². The minimum atomic E-state index is -0.184. The van der Waals surface area contributed by atoms with Crippen molar-refractivity contribution < 1.29 is 9.53 Å². The Hall–Kier alpha value is -1.78. The quantitative estimate of drug-likeness (QED) is 0.797. The first-order chi connectivity index (χ1) is 10.2. The fourth-order valence-electron chi connectivity index (χ4n) is 3.54. The van der Waals surface area contributed by atoms with E-state index < -0.39 is 0 Å². The molecule has 0 saturated carbocycles. The average molecular weight is 289 g/mol. The number of amides is 1. The molecule has 2 fully saturated rings. The van der Waals surface area contributed by atoms with Crippen molar-refractivity contribution >= 4 is 11.9 Å². The Labute approximate surface area is 125 Å². The number of aromatic nitrogens is 1. The Morgan fingerprint density at radius 2 is 1.81 bits per heavy atom. The predicted molar refractivity (Wildman–Crippen MR) is 81.3 cm³/mol. The summed E-state index contributed by atoms with van der Waals surface area (Å²) in [6.45, 7) is 3.79. The zero-order valence-corrected chi connectivity index (χ0v) is 12.6. The lowest BCUT2D eigenvalue weighted by atomic mass is 9.71. The van der Waals surface area contributed by atoms with Crippen molar-refractivity contribution in [3.63, 3.8) is 0 Å². The van der Waals surface area contributed by atoms with Crippen LogP contribution in [-0.2, 0) is 4.74 Å². The minimum absolute atomic E-state index is 0.184. The maximum atomic E-state index is 11.6. The summed E-state index contributed by atoms with van der Waals surface area (Å²) >= 11 is 0. The van der Waals surface area contributed by atoms with Gasteiger partial charge in [0.1, 0.15) is 5.82 Å². The van der Waals surface area contributed by atoms with E-state index in [2.05, 4.69) is 16.0 Å². The van der Waals surface area contributed by atoms with Gasteiger partial charge in [-0.05, 0) is 43.2 Å². The fourth-order valence-corrected chi connectivity index (χ4v) is 3.54. The van der Waals surface area contributed by atoms with Crippen LogP contribution in [0.5, 0.6) is 0 Å². The molecule has 0 unspecified atom stereocenters. The molecule has 1 aromatic rings. The van der Waals surface area contributed by atoms with E-state index in [0.29, 0.717) is 5.41 Å². The van der Waals surface area contributed by atoms with Gasteiger partial charge < -0.3 is 14.5 Å². The number of rotatable bonds is 1. The third-order valence-corrected chi connectivity index (χ3v) is 5.05. The van der Waals surface area contributed by atoms with Crippen LogP contribution in [-0.4, -0.2) is 49.3 Å². The largest absolute Gasteiger partial charge is 0.453 e. The summed E-state index contributed by atoms with van der Waals surface area (Å²) in [5, 5.41) is 0. The van der Waals surface area contributed by atoms with Crippen LogP contribution in [0.3, 0.4) is 0 Å². The maximum absolute atomic E-state index is 11.6. The number of pyridine rings is 1. The topological polar surface area (TPSA) is 45.7 Å². The highest BCUT2D eigenvalue weighted by molar-refractivity contribution is 5.67. The highest BCUT2D eigenvalue weighted by Gasteiger charge is 2.38. The molecule has 0 atom stereocenters. The summed E-state index contributed by atoms with van der Waals surface area (Å²) in [6.07, 6.45) is 6.25. The van der Waals surface area contributed by atoms with Crippen LogP contribution in [0.25, 0.3) is 0 Å². The summed E-state index contributed by atoms with van der Waals surface area (Å²) in [5.41, 5.74) is 0.413. The first kappa shape index (κ1) is 14.2. The third-order valence-electron chi connectivity index (χ3n) is 5.05. The molecule has 1 spiro atoms. The molecule has 0 N–H and O–H groups in total. The maximum Gasteiger partial charge on any atom is 0.409 e. The smallest absolute Gasteiger partial charge is 0.409 e. The first-order valence-electron chi connectivity index (χ1n) is 7.71. The molecule has 3 heterocycles. The molecule has 0 bridgehead atoms. The van der Waals surface area contributed by atoms with Crippen LogP contribution in [0.1, 0.15) is 25.7 Å². The predicted octanol–water partition coefficient (Wildman–Crippen LogP) is 2.53. The lowest BCUT2D eigenvalue weighted by Crippen LogP contribution is -2.48. The number of methoxy groups -OCH3 is 1. The van der Waals surface area contributed by atoms with Crippen LogP contribution < -0.4 is 4.90 Å². The van der Waals surface area contributed by atoms with Gasteiger partial charge in [0, 0.05) is 32.4 Å². The standard InChI is InChI=1S/C16H23N3O2/c1-21-15(20)19-12-7-16(8-13-19)5-10-18(11-6-16)14-4-2-3-9-17-14/h2-4,9H,5-8,10-13H2,1H3. The number of nitrogens with zero attached hydrogens (tertiary/aromatic N) is 3. The lowest BCUT2D eigenvalue weighted by molar-refractivity contribution is 0.0646. The first-order valence-corrected chi connectivity index (χ1v) is 7.71. The van der Waals surface area contributed by atoms with Gasteiger partial charge in [0.15, 0.2) is 0 Å². The summed E-state index contributed by atoms with van der Waals surface area (Å²) < 4.78 is 4.81. The van der Waals surface area contributed by atoms with Crippen LogP contribution in [0.15, 0.2) is 24.4 Å². The second-order valence-corrected chi connectivity index (χ2v) is 6.13. The molecule has 5 heteroatoms. The monoisotopic (exact) mass is 289 g/mol. The Bertz CT molecular complexity index is 474. The zero-order valence-electron chi connectivity index (χ0n) is 12.6. The van der Waals surface area contributed by atoms with Gasteiger partial charge >= 0.3 is 6.09 Å². The lowest BCUT2D eigenvalue weighted by Gasteiger charge is -2.46. The summed E-state index contributed by atoms with van der Waals surface area (Å²) in [4.78, 5) is 20.2. The normalized spacial score (nSPS) is 21.4. The van der Waals surface area contributed by atoms with Crippen molar-refractivity contribution in [3.8, 4) is 0 Å². The Balaban J connectivity index is 1.55. The molecule has 2 saturated heterocycles. The van der Waals surface area contributed by atoms with Gasteiger partial charge in [0.25, 0.3) is 0 Å². The minimum Gasteiger partial charge on any atom is -0.453 e. The Kier molecular flexibility index (Phi) is 3.99. The van der Waals surface area contributed by atoms with Crippen molar-refractivity contribution in [2.75, 3.05) is 38.2 Å². The number of piperidine rings is 2. The molecule has 0 aromatic carbocycles. The van der Waals surface area contributed by atoms with Gasteiger partial charge in [0.05, 0.1) is 7.11 Å². The van der Waals surface area contributed by atoms with E-state index in [4.69, 9.17) is 4.74 Å². The highest BCUT2D eigenvalue weighted by Crippen LogP contribution is 2.41. The number of carbonyl (C=O) groups is 1. The molecule has 1 amide bonds. The summed E-state index contributed by atoms with van der Waals surface area (Å²) in [7, 11) is 1.46. The van der Waals surface area contributed by atoms with Crippen molar-refractivity contribution in [2.45, 2.75) is 25.7 Å². The molecule has 2 aliphatic heterocycles. The van der Waals surface area contributed by atoms with E-state index in [0.717, 1.165) is 44.8 Å². The third kappa shape index (κ3) is 2.96. The van der Waals surface area contributed by atoms with Gasteiger partial charge in [-0.2, -0.15) is 0 Å². The van der Waals surface area contributed by atoms with Crippen LogP contribution in [0.2, 0.25) is 0 Å². The number of likely N-dealkylation sites (tertiary alicyclic amines) is 1. The number of anilines is 1.